The molecule has 0 unspecified atom stereocenters. The van der Waals surface area contributed by atoms with Gasteiger partial charge in [0.2, 0.25) is 0 Å². The molecule has 5 aromatic rings. The summed E-state index contributed by atoms with van der Waals surface area (Å²) in [5.41, 5.74) is 10.7. The van der Waals surface area contributed by atoms with E-state index in [2.05, 4.69) is 9.97 Å². The number of carbonyl (C=O) groups is 1. The van der Waals surface area contributed by atoms with Crippen LogP contribution in [0.3, 0.4) is 0 Å². The third kappa shape index (κ3) is 3.83. The number of benzene rings is 1. The Kier molecular flexibility index (Phi) is 5.53. The van der Waals surface area contributed by atoms with Crippen LogP contribution in [0.2, 0.25) is 5.02 Å². The number of nitrogens with zero attached hydrogens (tertiary/aromatic N) is 5. The number of fused-ring (bicyclic) bond motifs is 2. The van der Waals surface area contributed by atoms with Crippen molar-refractivity contribution in [2.45, 2.75) is 31.6 Å². The predicted octanol–water partition coefficient (Wildman–Crippen LogP) is 5.60. The summed E-state index contributed by atoms with van der Waals surface area (Å²) in [4.78, 5) is 30.0. The first-order valence-corrected chi connectivity index (χ1v) is 12.2. The molecule has 8 nitrogen and oxygen atoms in total. The van der Waals surface area contributed by atoms with Gasteiger partial charge < -0.3 is 10.8 Å². The van der Waals surface area contributed by atoms with Crippen molar-refractivity contribution in [3.8, 4) is 22.6 Å². The number of pyridine rings is 2. The lowest BCUT2D eigenvalue weighted by Gasteiger charge is -2.25. The van der Waals surface area contributed by atoms with Gasteiger partial charge in [-0.05, 0) is 56.0 Å². The summed E-state index contributed by atoms with van der Waals surface area (Å²) in [6.07, 6.45) is 8.00. The Labute approximate surface area is 211 Å². The number of carboxylic acids is 1. The maximum atomic E-state index is 11.4. The molecule has 1 aliphatic carbocycles. The van der Waals surface area contributed by atoms with Crippen LogP contribution in [0.5, 0.6) is 0 Å². The third-order valence-corrected chi connectivity index (χ3v) is 7.33. The number of rotatable bonds is 4. The number of hydrogen-bond acceptors (Lipinski definition) is 6. The molecule has 36 heavy (non-hydrogen) atoms. The Morgan fingerprint density at radius 2 is 1.83 bits per heavy atom. The first-order chi connectivity index (χ1) is 17.5. The molecule has 0 spiro atoms. The molecular formula is C27H23ClN6O2. The van der Waals surface area contributed by atoms with Gasteiger partial charge in [-0.1, -0.05) is 23.7 Å². The van der Waals surface area contributed by atoms with Gasteiger partial charge in [0.05, 0.1) is 27.8 Å². The molecule has 180 valence electrons. The highest BCUT2D eigenvalue weighted by atomic mass is 35.5. The molecule has 9 heteroatoms. The monoisotopic (exact) mass is 498 g/mol. The number of hydrogen-bond donors (Lipinski definition) is 2. The Morgan fingerprint density at radius 3 is 2.58 bits per heavy atom. The molecule has 6 rings (SSSR count). The number of imidazole rings is 1. The maximum absolute atomic E-state index is 11.4. The standard InChI is InChI=1S/C27H23ClN6O2/c28-19-13-17-8-9-21(20-3-1-2-10-30-20)32-22(17)14-18(19)23-24-25(29)31-11-12-34(24)26(33-23)15-4-6-16(7-5-15)27(35)36/h1-3,8-16H,4-7H2,(H2,29,31)(H,35,36). The Bertz CT molecular complexity index is 1610. The summed E-state index contributed by atoms with van der Waals surface area (Å²) < 4.78 is 1.97. The van der Waals surface area contributed by atoms with E-state index in [1.54, 1.807) is 12.4 Å². The van der Waals surface area contributed by atoms with Gasteiger partial charge in [0, 0.05) is 35.5 Å². The minimum Gasteiger partial charge on any atom is -0.481 e. The second-order valence-electron chi connectivity index (χ2n) is 9.17. The van der Waals surface area contributed by atoms with Crippen molar-refractivity contribution in [3.63, 3.8) is 0 Å². The van der Waals surface area contributed by atoms with Crippen molar-refractivity contribution in [1.82, 2.24) is 24.3 Å². The van der Waals surface area contributed by atoms with Gasteiger partial charge in [0.25, 0.3) is 0 Å². The number of halogens is 1. The molecule has 0 atom stereocenters. The van der Waals surface area contributed by atoms with E-state index >= 15 is 0 Å². The minimum atomic E-state index is -0.726. The van der Waals surface area contributed by atoms with Crippen LogP contribution in [0.25, 0.3) is 39.1 Å². The highest BCUT2D eigenvalue weighted by Crippen LogP contribution is 2.40. The Balaban J connectivity index is 1.48. The molecule has 4 aromatic heterocycles. The number of aliphatic carboxylic acids is 1. The van der Waals surface area contributed by atoms with E-state index in [9.17, 15) is 9.90 Å². The van der Waals surface area contributed by atoms with Crippen molar-refractivity contribution >= 4 is 39.8 Å². The summed E-state index contributed by atoms with van der Waals surface area (Å²) in [5, 5.41) is 10.8. The van der Waals surface area contributed by atoms with Crippen molar-refractivity contribution in [2.75, 3.05) is 5.73 Å². The fraction of sp³-hybridized carbons (Fsp3) is 0.222. The van der Waals surface area contributed by atoms with E-state index in [1.165, 1.54) is 0 Å². The fourth-order valence-electron chi connectivity index (χ4n) is 5.14. The first kappa shape index (κ1) is 22.4. The second-order valence-corrected chi connectivity index (χ2v) is 9.58. The highest BCUT2D eigenvalue weighted by Gasteiger charge is 2.30. The molecule has 1 aromatic carbocycles. The Hall–Kier alpha value is -4.04. The number of nitrogen functional groups attached to an aromatic ring is 1. The average molecular weight is 499 g/mol. The van der Waals surface area contributed by atoms with Crippen molar-refractivity contribution < 1.29 is 9.90 Å². The topological polar surface area (TPSA) is 119 Å². The van der Waals surface area contributed by atoms with Gasteiger partial charge in [0.1, 0.15) is 22.9 Å². The van der Waals surface area contributed by atoms with Crippen LogP contribution >= 0.6 is 11.6 Å². The molecule has 4 heterocycles. The molecule has 1 saturated carbocycles. The zero-order valence-electron chi connectivity index (χ0n) is 19.3. The molecule has 0 aliphatic heterocycles. The summed E-state index contributed by atoms with van der Waals surface area (Å²) >= 11 is 6.78. The van der Waals surface area contributed by atoms with Crippen molar-refractivity contribution in [2.24, 2.45) is 5.92 Å². The summed E-state index contributed by atoms with van der Waals surface area (Å²) in [5.74, 6) is 0.307. The summed E-state index contributed by atoms with van der Waals surface area (Å²) in [6.45, 7) is 0. The van der Waals surface area contributed by atoms with Crippen LogP contribution in [0.1, 0.15) is 37.4 Å². The lowest BCUT2D eigenvalue weighted by molar-refractivity contribution is -0.142. The van der Waals surface area contributed by atoms with Gasteiger partial charge >= 0.3 is 5.97 Å². The van der Waals surface area contributed by atoms with E-state index in [1.807, 2.05) is 53.1 Å². The van der Waals surface area contributed by atoms with Crippen LogP contribution in [-0.4, -0.2) is 35.4 Å². The largest absolute Gasteiger partial charge is 0.481 e. The van der Waals surface area contributed by atoms with E-state index in [4.69, 9.17) is 27.3 Å². The van der Waals surface area contributed by atoms with Crippen LogP contribution < -0.4 is 5.73 Å². The SMILES string of the molecule is Nc1nccn2c(C3CCC(C(=O)O)CC3)nc(-c3cc4nc(-c5ccccn5)ccc4cc3Cl)c12. The first-order valence-electron chi connectivity index (χ1n) is 11.9. The number of anilines is 1. The fourth-order valence-corrected chi connectivity index (χ4v) is 5.40. The van der Waals surface area contributed by atoms with E-state index < -0.39 is 5.97 Å². The second kappa shape index (κ2) is 8.87. The summed E-state index contributed by atoms with van der Waals surface area (Å²) in [7, 11) is 0. The number of aromatic nitrogens is 5. The van der Waals surface area contributed by atoms with E-state index in [-0.39, 0.29) is 11.8 Å². The molecule has 1 aliphatic rings. The molecule has 3 N–H and O–H groups in total. The lowest BCUT2D eigenvalue weighted by atomic mass is 9.81. The molecular weight excluding hydrogens is 476 g/mol. The molecule has 0 radical (unpaired) electrons. The van der Waals surface area contributed by atoms with E-state index in [0.29, 0.717) is 34.9 Å². The van der Waals surface area contributed by atoms with Gasteiger partial charge in [-0.2, -0.15) is 0 Å². The third-order valence-electron chi connectivity index (χ3n) is 7.01. The van der Waals surface area contributed by atoms with Gasteiger partial charge in [0.15, 0.2) is 0 Å². The lowest BCUT2D eigenvalue weighted by Crippen LogP contribution is -2.21. The average Bonchev–Trinajstić information content (AvgIpc) is 3.29. The van der Waals surface area contributed by atoms with Gasteiger partial charge in [-0.3, -0.25) is 14.2 Å². The zero-order chi connectivity index (χ0) is 24.8. The van der Waals surface area contributed by atoms with Crippen LogP contribution in [-0.2, 0) is 4.79 Å². The quantitative estimate of drug-likeness (QED) is 0.331. The minimum absolute atomic E-state index is 0.122. The normalized spacial score (nSPS) is 18.0. The maximum Gasteiger partial charge on any atom is 0.306 e. The van der Waals surface area contributed by atoms with Gasteiger partial charge in [-0.15, -0.1) is 0 Å². The molecule has 0 saturated heterocycles. The number of nitrogens with two attached hydrogens (primary N) is 1. The molecule has 1 fully saturated rings. The van der Waals surface area contributed by atoms with E-state index in [0.717, 1.165) is 46.5 Å². The molecule has 0 amide bonds. The molecule has 0 bridgehead atoms. The predicted molar refractivity (Wildman–Crippen MR) is 139 cm³/mol. The van der Waals surface area contributed by atoms with Crippen LogP contribution in [0.15, 0.2) is 61.1 Å². The summed E-state index contributed by atoms with van der Waals surface area (Å²) in [6, 6.07) is 13.5. The van der Waals surface area contributed by atoms with Gasteiger partial charge in [-0.25, -0.2) is 15.0 Å². The van der Waals surface area contributed by atoms with Crippen LogP contribution in [0, 0.1) is 5.92 Å². The highest BCUT2D eigenvalue weighted by molar-refractivity contribution is 6.34. The van der Waals surface area contributed by atoms with Crippen molar-refractivity contribution in [1.29, 1.82) is 0 Å². The smallest absolute Gasteiger partial charge is 0.306 e. The number of carboxylic acid groups (broad SMARTS) is 1. The zero-order valence-corrected chi connectivity index (χ0v) is 20.1. The van der Waals surface area contributed by atoms with Crippen molar-refractivity contribution in [3.05, 3.63) is 71.9 Å². The Morgan fingerprint density at radius 1 is 1.00 bits per heavy atom. The van der Waals surface area contributed by atoms with Crippen LogP contribution in [0.4, 0.5) is 5.82 Å².